The summed E-state index contributed by atoms with van der Waals surface area (Å²) >= 11 is 0. The van der Waals surface area contributed by atoms with Crippen LogP contribution >= 0.6 is 0 Å². The molecule has 12 heterocycles. The van der Waals surface area contributed by atoms with Crippen LogP contribution in [-0.4, -0.2) is 136 Å². The van der Waals surface area contributed by atoms with E-state index in [0.29, 0.717) is 12.1 Å². The van der Waals surface area contributed by atoms with Gasteiger partial charge in [0.1, 0.15) is 0 Å². The minimum atomic E-state index is 0.476. The first-order valence-electron chi connectivity index (χ1n) is 32.7. The highest BCUT2D eigenvalue weighted by Crippen LogP contribution is 2.36. The van der Waals surface area contributed by atoms with Gasteiger partial charge in [0.15, 0.2) is 16.9 Å². The number of benzene rings is 6. The Balaban J connectivity index is 0.000000112. The van der Waals surface area contributed by atoms with E-state index < -0.39 is 0 Å². The molecule has 3 saturated heterocycles. The summed E-state index contributed by atoms with van der Waals surface area (Å²) in [5, 5.41) is 27.4. The lowest BCUT2D eigenvalue weighted by atomic mass is 10.0. The van der Waals surface area contributed by atoms with E-state index in [1.54, 1.807) is 0 Å². The Hall–Kier alpha value is -11.3. The fraction of sp³-hybridized carbons (Fsp3) is 0.182. The van der Waals surface area contributed by atoms with Crippen LogP contribution in [0.3, 0.4) is 0 Å². The van der Waals surface area contributed by atoms with E-state index >= 15 is 0 Å². The molecule has 3 N–H and O–H groups in total. The molecule has 0 aliphatic carbocycles. The van der Waals surface area contributed by atoms with Gasteiger partial charge in [-0.3, -0.25) is 15.0 Å². The lowest BCUT2D eigenvalue weighted by Crippen LogP contribution is -2.55. The topological polar surface area (TPSA) is 175 Å². The van der Waals surface area contributed by atoms with Gasteiger partial charge in [-0.2, -0.15) is 15.3 Å². The fourth-order valence-electron chi connectivity index (χ4n) is 13.7. The van der Waals surface area contributed by atoms with Crippen molar-refractivity contribution in [1.29, 1.82) is 0 Å². The standard InChI is InChI=1S/C27H26N6.2C25H22N6/c1-18-13-28-14-19(2)33(18)22-9-7-20(8-10-22)21-15-30-27-25(16-31-32(27)17-21)23-11-12-29-26-6-4-3-5-24(23)26;2*1-2-4-24-22(3-1)21(9-10-27-24)23-16-29-31-17-19(15-28-25(23)31)18-5-7-20(8-6-18)30-13-11-26-12-14-30/h3-12,15-19,28H,13-14H2,1-2H3;2*1-10,15-17,26H,11-14H2/t18-,19+;;. The normalized spacial score (nSPS) is 15.9. The maximum Gasteiger partial charge on any atom is 0.162 e. The van der Waals surface area contributed by atoms with Gasteiger partial charge in [-0.05, 0) is 120 Å². The van der Waals surface area contributed by atoms with Crippen LogP contribution in [0.4, 0.5) is 17.1 Å². The molecule has 18 rings (SSSR count). The molecule has 3 aliphatic rings. The molecule has 0 spiro atoms. The molecular formula is C77H70N18. The molecule has 0 amide bonds. The van der Waals surface area contributed by atoms with Crippen molar-refractivity contribution in [1.82, 2.24) is 74.7 Å². The molecule has 6 aromatic carbocycles. The summed E-state index contributed by atoms with van der Waals surface area (Å²) in [7, 11) is 0. The van der Waals surface area contributed by atoms with Gasteiger partial charge in [0.25, 0.3) is 0 Å². The molecule has 0 radical (unpaired) electrons. The van der Waals surface area contributed by atoms with E-state index in [4.69, 9.17) is 15.0 Å². The van der Waals surface area contributed by atoms with Gasteiger partial charge in [0, 0.05) is 200 Å². The van der Waals surface area contributed by atoms with Crippen LogP contribution in [0.15, 0.2) is 238 Å². The first kappa shape index (κ1) is 58.8. The fourth-order valence-corrected chi connectivity index (χ4v) is 13.7. The van der Waals surface area contributed by atoms with Crippen molar-refractivity contribution in [2.24, 2.45) is 0 Å². The van der Waals surface area contributed by atoms with Crippen molar-refractivity contribution in [3.63, 3.8) is 0 Å². The third-order valence-corrected chi connectivity index (χ3v) is 18.6. The second-order valence-electron chi connectivity index (χ2n) is 24.5. The summed E-state index contributed by atoms with van der Waals surface area (Å²) in [4.78, 5) is 35.1. The summed E-state index contributed by atoms with van der Waals surface area (Å²) in [5.74, 6) is 0. The summed E-state index contributed by atoms with van der Waals surface area (Å²) in [6.45, 7) is 14.9. The van der Waals surface area contributed by atoms with Crippen LogP contribution in [0.2, 0.25) is 0 Å². The van der Waals surface area contributed by atoms with Crippen LogP contribution in [0, 0.1) is 0 Å². The molecule has 15 aromatic rings. The lowest BCUT2D eigenvalue weighted by molar-refractivity contribution is 0.432. The number of rotatable bonds is 9. The van der Waals surface area contributed by atoms with Crippen molar-refractivity contribution < 1.29 is 0 Å². The van der Waals surface area contributed by atoms with Crippen LogP contribution in [0.5, 0.6) is 0 Å². The van der Waals surface area contributed by atoms with Crippen LogP contribution in [-0.2, 0) is 0 Å². The van der Waals surface area contributed by atoms with E-state index in [9.17, 15) is 0 Å². The zero-order valence-electron chi connectivity index (χ0n) is 53.0. The SMILES string of the molecule is C[C@@H]1CNC[C@H](C)N1c1ccc(-c2cnc3c(-c4ccnc5ccccc45)cnn3c2)cc1.c1ccc2c(-c3cnn4cc(-c5ccc(N6CCNCC6)cc5)cnc34)ccnc2c1.c1ccc2c(-c3cnn4cc(-c5ccc(N6CCNCC6)cc5)cnc34)ccnc2c1. The molecule has 0 unspecified atom stereocenters. The molecule has 3 fully saturated rings. The second kappa shape index (κ2) is 26.0. The number of pyridine rings is 3. The number of nitrogens with zero attached hydrogens (tertiary/aromatic N) is 15. The number of hydrogen-bond donors (Lipinski definition) is 3. The first-order valence-corrected chi connectivity index (χ1v) is 32.7. The third kappa shape index (κ3) is 11.8. The van der Waals surface area contributed by atoms with Crippen molar-refractivity contribution in [3.05, 3.63) is 238 Å². The Bertz CT molecular complexity index is 4960. The van der Waals surface area contributed by atoms with Crippen molar-refractivity contribution in [2.45, 2.75) is 25.9 Å². The van der Waals surface area contributed by atoms with Crippen LogP contribution in [0.1, 0.15) is 13.8 Å². The molecule has 9 aromatic heterocycles. The van der Waals surface area contributed by atoms with Gasteiger partial charge >= 0.3 is 0 Å². The largest absolute Gasteiger partial charge is 0.369 e. The number of para-hydroxylation sites is 3. The lowest BCUT2D eigenvalue weighted by Gasteiger charge is -2.41. The molecule has 95 heavy (non-hydrogen) atoms. The van der Waals surface area contributed by atoms with Gasteiger partial charge in [0.2, 0.25) is 0 Å². The number of piperazine rings is 3. The van der Waals surface area contributed by atoms with E-state index in [-0.39, 0.29) is 0 Å². The van der Waals surface area contributed by atoms with E-state index in [1.165, 1.54) is 17.1 Å². The van der Waals surface area contributed by atoms with E-state index in [0.717, 1.165) is 182 Å². The zero-order chi connectivity index (χ0) is 63.6. The predicted molar refractivity (Wildman–Crippen MR) is 382 cm³/mol. The minimum absolute atomic E-state index is 0.476. The Morgan fingerprint density at radius 3 is 0.989 bits per heavy atom. The van der Waals surface area contributed by atoms with Crippen molar-refractivity contribution in [3.8, 4) is 66.8 Å². The van der Waals surface area contributed by atoms with Crippen molar-refractivity contribution in [2.75, 3.05) is 80.1 Å². The minimum Gasteiger partial charge on any atom is -0.369 e. The van der Waals surface area contributed by atoms with Crippen LogP contribution < -0.4 is 30.7 Å². The van der Waals surface area contributed by atoms with Crippen molar-refractivity contribution >= 4 is 66.7 Å². The highest BCUT2D eigenvalue weighted by molar-refractivity contribution is 6.00. The number of anilines is 3. The molecule has 468 valence electrons. The Morgan fingerprint density at radius 2 is 0.642 bits per heavy atom. The molecular weight excluding hydrogens is 1180 g/mol. The van der Waals surface area contributed by atoms with Gasteiger partial charge in [-0.1, -0.05) is 91.0 Å². The highest BCUT2D eigenvalue weighted by Gasteiger charge is 2.25. The number of fused-ring (bicyclic) bond motifs is 6. The summed E-state index contributed by atoms with van der Waals surface area (Å²) in [6.07, 6.45) is 23.2. The summed E-state index contributed by atoms with van der Waals surface area (Å²) in [5.41, 5.74) is 22.1. The molecule has 18 heteroatoms. The zero-order valence-corrected chi connectivity index (χ0v) is 53.0. The number of aromatic nitrogens is 12. The maximum atomic E-state index is 4.80. The Labute approximate surface area is 549 Å². The van der Waals surface area contributed by atoms with Gasteiger partial charge in [-0.15, -0.1) is 0 Å². The molecule has 0 saturated carbocycles. The highest BCUT2D eigenvalue weighted by atomic mass is 15.3. The Morgan fingerprint density at radius 1 is 0.316 bits per heavy atom. The number of hydrogen-bond acceptors (Lipinski definition) is 15. The molecule has 0 bridgehead atoms. The second-order valence-corrected chi connectivity index (χ2v) is 24.5. The average molecular weight is 1250 g/mol. The predicted octanol–water partition coefficient (Wildman–Crippen LogP) is 12.8. The van der Waals surface area contributed by atoms with Gasteiger partial charge in [0.05, 0.1) is 35.1 Å². The molecule has 2 atom stereocenters. The van der Waals surface area contributed by atoms with Gasteiger partial charge < -0.3 is 30.7 Å². The molecule has 3 aliphatic heterocycles. The quantitative estimate of drug-likeness (QED) is 0.124. The van der Waals surface area contributed by atoms with Gasteiger partial charge in [-0.25, -0.2) is 28.5 Å². The average Bonchev–Trinajstić information content (AvgIpc) is 1.74. The van der Waals surface area contributed by atoms with Crippen LogP contribution in [0.25, 0.3) is 116 Å². The summed E-state index contributed by atoms with van der Waals surface area (Å²) < 4.78 is 5.60. The number of nitrogens with one attached hydrogen (secondary N) is 3. The van der Waals surface area contributed by atoms with E-state index in [2.05, 4.69) is 184 Å². The smallest absolute Gasteiger partial charge is 0.162 e. The summed E-state index contributed by atoms with van der Waals surface area (Å²) in [6, 6.07) is 57.8. The first-order chi connectivity index (χ1) is 46.9. The van der Waals surface area contributed by atoms with E-state index in [1.807, 2.05) is 142 Å². The Kier molecular flexibility index (Phi) is 16.1. The molecule has 18 nitrogen and oxygen atoms in total. The monoisotopic (exact) mass is 1250 g/mol. The third-order valence-electron chi connectivity index (χ3n) is 18.6. The maximum absolute atomic E-state index is 4.80.